The van der Waals surface area contributed by atoms with Gasteiger partial charge in [0.1, 0.15) is 18.3 Å². The Bertz CT molecular complexity index is 455. The predicted molar refractivity (Wildman–Crippen MR) is 105 cm³/mol. The molecule has 0 radical (unpaired) electrons. The molecule has 6 nitrogen and oxygen atoms in total. The van der Waals surface area contributed by atoms with Crippen molar-refractivity contribution in [2.75, 3.05) is 13.7 Å². The summed E-state index contributed by atoms with van der Waals surface area (Å²) in [5, 5.41) is 10.7. The van der Waals surface area contributed by atoms with Crippen LogP contribution in [0.4, 0.5) is 0 Å². The number of methoxy groups -OCH3 is 1. The van der Waals surface area contributed by atoms with Crippen molar-refractivity contribution in [3.05, 3.63) is 0 Å². The average Bonchev–Trinajstić information content (AvgIpc) is 2.81. The van der Waals surface area contributed by atoms with Gasteiger partial charge in [0.2, 0.25) is 0 Å². The van der Waals surface area contributed by atoms with Gasteiger partial charge in [-0.2, -0.15) is 0 Å². The first kappa shape index (κ1) is 22.5. The van der Waals surface area contributed by atoms with Gasteiger partial charge in [0.15, 0.2) is 6.29 Å². The van der Waals surface area contributed by atoms with Crippen LogP contribution in [0.3, 0.4) is 0 Å². The molecule has 8 heteroatoms. The third kappa shape index (κ3) is 3.71. The summed E-state index contributed by atoms with van der Waals surface area (Å²) in [5.74, 6) is 0. The normalized spacial score (nSPS) is 34.4. The van der Waals surface area contributed by atoms with E-state index in [9.17, 15) is 5.11 Å². The minimum Gasteiger partial charge on any atom is -0.414 e. The molecule has 0 bridgehead atoms. The molecular formula is C18H38O6Si2. The molecule has 2 saturated heterocycles. The van der Waals surface area contributed by atoms with E-state index < -0.39 is 35.6 Å². The van der Waals surface area contributed by atoms with Gasteiger partial charge < -0.3 is 27.5 Å². The van der Waals surface area contributed by atoms with E-state index in [2.05, 4.69) is 55.4 Å². The molecule has 0 aliphatic carbocycles. The second-order valence-corrected chi connectivity index (χ2v) is 17.7. The number of fused-ring (bicyclic) bond motifs is 1. The van der Waals surface area contributed by atoms with Gasteiger partial charge in [0.05, 0.1) is 6.61 Å². The quantitative estimate of drug-likeness (QED) is 0.703. The molecule has 0 aromatic carbocycles. The van der Waals surface area contributed by atoms with Crippen molar-refractivity contribution in [3.8, 4) is 0 Å². The zero-order valence-electron chi connectivity index (χ0n) is 17.8. The third-order valence-electron chi connectivity index (χ3n) is 5.85. The fraction of sp³-hybridized carbons (Fsp3) is 1.00. The van der Waals surface area contributed by atoms with E-state index in [4.69, 9.17) is 22.4 Å². The minimum absolute atomic E-state index is 0.225. The molecule has 2 heterocycles. The van der Waals surface area contributed by atoms with Crippen LogP contribution in [0.1, 0.15) is 55.4 Å². The van der Waals surface area contributed by atoms with Crippen molar-refractivity contribution in [3.63, 3.8) is 0 Å². The number of aliphatic hydroxyl groups is 1. The molecule has 0 aromatic rings. The molecule has 0 amide bonds. The van der Waals surface area contributed by atoms with E-state index in [1.807, 2.05) is 0 Å². The van der Waals surface area contributed by atoms with Crippen molar-refractivity contribution < 1.29 is 27.5 Å². The molecule has 0 saturated carbocycles. The van der Waals surface area contributed by atoms with Gasteiger partial charge in [-0.05, 0) is 22.2 Å². The van der Waals surface area contributed by atoms with Crippen molar-refractivity contribution in [1.29, 1.82) is 0 Å². The van der Waals surface area contributed by atoms with Crippen LogP contribution in [0.5, 0.6) is 0 Å². The van der Waals surface area contributed by atoms with Crippen molar-refractivity contribution in [1.82, 2.24) is 0 Å². The highest BCUT2D eigenvalue weighted by molar-refractivity contribution is 6.83. The lowest BCUT2D eigenvalue weighted by atomic mass is 10.1. The maximum absolute atomic E-state index is 10.7. The summed E-state index contributed by atoms with van der Waals surface area (Å²) in [7, 11) is -3.73. The Hall–Kier alpha value is 0.194. The van der Waals surface area contributed by atoms with Gasteiger partial charge in [-0.15, -0.1) is 0 Å². The summed E-state index contributed by atoms with van der Waals surface area (Å²) < 4.78 is 31.6. The van der Waals surface area contributed by atoms with Crippen molar-refractivity contribution in [2.24, 2.45) is 0 Å². The van der Waals surface area contributed by atoms with E-state index in [0.29, 0.717) is 6.61 Å². The third-order valence-corrected chi connectivity index (χ3v) is 16.1. The second kappa shape index (κ2) is 8.28. The monoisotopic (exact) mass is 406 g/mol. The van der Waals surface area contributed by atoms with Crippen LogP contribution in [-0.2, 0) is 22.4 Å². The average molecular weight is 407 g/mol. The van der Waals surface area contributed by atoms with E-state index in [1.165, 1.54) is 0 Å². The number of ether oxygens (including phenoxy) is 2. The Kier molecular flexibility index (Phi) is 7.16. The lowest BCUT2D eigenvalue weighted by Gasteiger charge is -2.51. The second-order valence-electron chi connectivity index (χ2n) is 8.83. The lowest BCUT2D eigenvalue weighted by Crippen LogP contribution is -2.65. The molecule has 0 unspecified atom stereocenters. The molecule has 26 heavy (non-hydrogen) atoms. The van der Waals surface area contributed by atoms with Crippen LogP contribution in [0, 0.1) is 0 Å². The van der Waals surface area contributed by atoms with E-state index in [1.54, 1.807) is 7.11 Å². The Labute approximate surface area is 161 Å². The summed E-state index contributed by atoms with van der Waals surface area (Å²) in [6.07, 6.45) is -2.35. The van der Waals surface area contributed by atoms with Crippen LogP contribution in [0.15, 0.2) is 0 Å². The highest BCUT2D eigenvalue weighted by Crippen LogP contribution is 2.47. The van der Waals surface area contributed by atoms with Gasteiger partial charge in [-0.25, -0.2) is 0 Å². The summed E-state index contributed by atoms with van der Waals surface area (Å²) in [4.78, 5) is 0. The van der Waals surface area contributed by atoms with Gasteiger partial charge in [-0.1, -0.05) is 55.4 Å². The number of aliphatic hydroxyl groups excluding tert-OH is 1. The van der Waals surface area contributed by atoms with Crippen molar-refractivity contribution in [2.45, 2.75) is 102 Å². The lowest BCUT2D eigenvalue weighted by molar-refractivity contribution is -0.152. The van der Waals surface area contributed by atoms with E-state index in [0.717, 1.165) is 0 Å². The molecule has 2 fully saturated rings. The zero-order chi connectivity index (χ0) is 19.9. The first-order chi connectivity index (χ1) is 12.0. The molecular weight excluding hydrogens is 368 g/mol. The van der Waals surface area contributed by atoms with Gasteiger partial charge in [-0.3, -0.25) is 0 Å². The molecule has 4 atom stereocenters. The minimum atomic E-state index is -2.71. The first-order valence-electron chi connectivity index (χ1n) is 9.90. The smallest absolute Gasteiger partial charge is 0.335 e. The van der Waals surface area contributed by atoms with Crippen LogP contribution in [0.2, 0.25) is 22.2 Å². The molecule has 2 aliphatic rings. The summed E-state index contributed by atoms with van der Waals surface area (Å²) >= 11 is 0. The van der Waals surface area contributed by atoms with Crippen LogP contribution < -0.4 is 0 Å². The molecule has 0 spiro atoms. The molecule has 154 valence electrons. The standard InChI is InChI=1S/C18H38O6Si2/c1-11(2)25(12(3)4)21-10-15-17(16(19)18(20-9)22-15)23-26(24-25,13(5)6)14(7)8/h11-19H,10H2,1-9H3/t15-,16+,17-,18+/m0/s1. The molecule has 2 rings (SSSR count). The molecule has 2 aliphatic heterocycles. The highest BCUT2D eigenvalue weighted by atomic mass is 28.5. The van der Waals surface area contributed by atoms with Gasteiger partial charge >= 0.3 is 17.1 Å². The fourth-order valence-corrected chi connectivity index (χ4v) is 15.5. The predicted octanol–water partition coefficient (Wildman–Crippen LogP) is 3.68. The highest BCUT2D eigenvalue weighted by Gasteiger charge is 2.61. The van der Waals surface area contributed by atoms with Gasteiger partial charge in [0.25, 0.3) is 0 Å². The summed E-state index contributed by atoms with van der Waals surface area (Å²) in [6.45, 7) is 17.8. The maximum Gasteiger partial charge on any atom is 0.335 e. The maximum atomic E-state index is 10.7. The van der Waals surface area contributed by atoms with Crippen LogP contribution in [-0.4, -0.2) is 60.5 Å². The number of rotatable bonds is 5. The topological polar surface area (TPSA) is 66.4 Å². The number of hydrogen-bond acceptors (Lipinski definition) is 6. The molecule has 0 aromatic heterocycles. The van der Waals surface area contributed by atoms with E-state index >= 15 is 0 Å². The van der Waals surface area contributed by atoms with Crippen molar-refractivity contribution >= 4 is 17.1 Å². The van der Waals surface area contributed by atoms with E-state index in [-0.39, 0.29) is 28.3 Å². The Morgan fingerprint density at radius 3 is 1.81 bits per heavy atom. The van der Waals surface area contributed by atoms with Crippen LogP contribution in [0.25, 0.3) is 0 Å². The fourth-order valence-electron chi connectivity index (χ4n) is 4.32. The molecule has 1 N–H and O–H groups in total. The zero-order valence-corrected chi connectivity index (χ0v) is 19.8. The van der Waals surface area contributed by atoms with Gasteiger partial charge in [0, 0.05) is 7.11 Å². The first-order valence-corrected chi connectivity index (χ1v) is 13.8. The number of hydrogen-bond donors (Lipinski definition) is 1. The Morgan fingerprint density at radius 1 is 0.885 bits per heavy atom. The Morgan fingerprint density at radius 2 is 1.38 bits per heavy atom. The summed E-state index contributed by atoms with van der Waals surface area (Å²) in [5.41, 5.74) is 1.03. The largest absolute Gasteiger partial charge is 0.414 e. The Balaban J connectivity index is 2.52. The van der Waals surface area contributed by atoms with Crippen LogP contribution >= 0.6 is 0 Å². The summed E-state index contributed by atoms with van der Waals surface area (Å²) in [6, 6.07) is 0. The SMILES string of the molecule is CO[C@@H]1O[C@H]2CO[Si](C(C)C)(C(C)C)O[Si](C(C)C)(C(C)C)O[C@@H]2[C@H]1O.